The first-order chi connectivity index (χ1) is 12.4. The van der Waals surface area contributed by atoms with Crippen molar-refractivity contribution < 1.29 is 17.2 Å². The second-order valence-corrected chi connectivity index (χ2v) is 7.82. The second kappa shape index (κ2) is 7.24. The molecular formula is C16H15F2N5O2S. The number of nitrogens with zero attached hydrogens (tertiary/aromatic N) is 5. The van der Waals surface area contributed by atoms with Crippen molar-refractivity contribution in [3.8, 4) is 16.9 Å². The summed E-state index contributed by atoms with van der Waals surface area (Å²) < 4.78 is 53.9. The fourth-order valence-electron chi connectivity index (χ4n) is 2.46. The van der Waals surface area contributed by atoms with E-state index in [1.165, 1.54) is 24.9 Å². The topological polar surface area (TPSA) is 90.6 Å². The van der Waals surface area contributed by atoms with Gasteiger partial charge in [0, 0.05) is 23.5 Å². The van der Waals surface area contributed by atoms with Crippen LogP contribution < -0.4 is 0 Å². The van der Waals surface area contributed by atoms with Crippen molar-refractivity contribution in [1.82, 2.24) is 25.0 Å². The van der Waals surface area contributed by atoms with E-state index in [2.05, 4.69) is 20.3 Å². The Morgan fingerprint density at radius 1 is 1.15 bits per heavy atom. The molecule has 2 aromatic heterocycles. The lowest BCUT2D eigenvalue weighted by Gasteiger charge is -2.09. The monoisotopic (exact) mass is 379 g/mol. The van der Waals surface area contributed by atoms with E-state index in [1.807, 2.05) is 0 Å². The number of aromatic nitrogens is 5. The molecule has 10 heteroatoms. The van der Waals surface area contributed by atoms with Gasteiger partial charge in [0.05, 0.1) is 17.7 Å². The highest BCUT2D eigenvalue weighted by atomic mass is 32.2. The Bertz CT molecular complexity index is 1020. The summed E-state index contributed by atoms with van der Waals surface area (Å²) in [6, 6.07) is 2.15. The molecule has 0 saturated carbocycles. The molecule has 0 fully saturated rings. The van der Waals surface area contributed by atoms with Crippen molar-refractivity contribution in [2.24, 2.45) is 0 Å². The lowest BCUT2D eigenvalue weighted by atomic mass is 10.2. The van der Waals surface area contributed by atoms with Crippen molar-refractivity contribution in [2.45, 2.75) is 19.1 Å². The molecule has 0 amide bonds. The molecule has 3 rings (SSSR count). The van der Waals surface area contributed by atoms with Crippen molar-refractivity contribution >= 4 is 9.84 Å². The minimum atomic E-state index is -3.48. The highest BCUT2D eigenvalue weighted by Gasteiger charge is 2.21. The average Bonchev–Trinajstić information content (AvgIpc) is 3.08. The highest BCUT2D eigenvalue weighted by Crippen LogP contribution is 2.24. The molecule has 0 N–H and O–H groups in total. The second-order valence-electron chi connectivity index (χ2n) is 5.64. The Hall–Kier alpha value is -2.75. The van der Waals surface area contributed by atoms with Crippen LogP contribution >= 0.6 is 0 Å². The molecule has 7 nitrogen and oxygen atoms in total. The zero-order valence-electron chi connectivity index (χ0n) is 13.8. The largest absolute Gasteiger partial charge is 0.244 e. The van der Waals surface area contributed by atoms with Gasteiger partial charge in [0.2, 0.25) is 0 Å². The minimum absolute atomic E-state index is 0.0688. The van der Waals surface area contributed by atoms with Crippen molar-refractivity contribution in [1.29, 1.82) is 0 Å². The first kappa shape index (κ1) is 18.1. The van der Waals surface area contributed by atoms with Crippen LogP contribution in [0.15, 0.2) is 37.1 Å². The third-order valence-electron chi connectivity index (χ3n) is 3.62. The molecule has 0 saturated heterocycles. The highest BCUT2D eigenvalue weighted by molar-refractivity contribution is 7.90. The Balaban J connectivity index is 2.01. The van der Waals surface area contributed by atoms with Gasteiger partial charge in [0.1, 0.15) is 17.7 Å². The van der Waals surface area contributed by atoms with Gasteiger partial charge in [-0.1, -0.05) is 18.2 Å². The third-order valence-corrected chi connectivity index (χ3v) is 5.40. The first-order valence-corrected chi connectivity index (χ1v) is 9.59. The smallest absolute Gasteiger partial charge is 0.156 e. The van der Waals surface area contributed by atoms with Gasteiger partial charge in [-0.25, -0.2) is 31.8 Å². The lowest BCUT2D eigenvalue weighted by molar-refractivity contribution is 0.547. The van der Waals surface area contributed by atoms with Crippen LogP contribution in [-0.2, 0) is 15.6 Å². The molecule has 0 aliphatic carbocycles. The van der Waals surface area contributed by atoms with E-state index in [0.29, 0.717) is 17.7 Å². The van der Waals surface area contributed by atoms with Crippen LogP contribution in [0, 0.1) is 11.6 Å². The number of benzene rings is 1. The summed E-state index contributed by atoms with van der Waals surface area (Å²) >= 11 is 0. The number of hydrogen-bond acceptors (Lipinski definition) is 6. The van der Waals surface area contributed by atoms with Crippen LogP contribution in [-0.4, -0.2) is 39.1 Å². The summed E-state index contributed by atoms with van der Waals surface area (Å²) in [7, 11) is -3.48. The van der Waals surface area contributed by atoms with Gasteiger partial charge in [-0.05, 0) is 12.5 Å². The third kappa shape index (κ3) is 3.74. The van der Waals surface area contributed by atoms with Crippen molar-refractivity contribution in [2.75, 3.05) is 5.75 Å². The maximum absolute atomic E-state index is 14.8. The maximum Gasteiger partial charge on any atom is 0.156 e. The standard InChI is InChI=1S/C16H15F2N5O2S/c1-2-5-26(24,25)9-11-3-4-13(17)16(15(11)18)23-8-14(21-22-23)12-6-19-10-20-7-12/h3-4,6-8,10H,2,5,9H2,1H3. The molecule has 0 radical (unpaired) electrons. The van der Waals surface area contributed by atoms with Gasteiger partial charge in [-0.15, -0.1) is 5.10 Å². The van der Waals surface area contributed by atoms with Gasteiger partial charge in [-0.3, -0.25) is 0 Å². The summed E-state index contributed by atoms with van der Waals surface area (Å²) in [4.78, 5) is 7.69. The van der Waals surface area contributed by atoms with Gasteiger partial charge in [0.25, 0.3) is 0 Å². The van der Waals surface area contributed by atoms with E-state index >= 15 is 0 Å². The SMILES string of the molecule is CCCS(=O)(=O)Cc1ccc(F)c(-n2cc(-c3cncnc3)nn2)c1F. The Kier molecular flexibility index (Phi) is 5.03. The van der Waals surface area contributed by atoms with E-state index in [0.717, 1.165) is 16.8 Å². The van der Waals surface area contributed by atoms with Gasteiger partial charge >= 0.3 is 0 Å². The van der Waals surface area contributed by atoms with Crippen LogP contribution in [0.3, 0.4) is 0 Å². The minimum Gasteiger partial charge on any atom is -0.244 e. The normalized spacial score (nSPS) is 11.7. The van der Waals surface area contributed by atoms with E-state index in [9.17, 15) is 17.2 Å². The number of rotatable bonds is 6. The summed E-state index contributed by atoms with van der Waals surface area (Å²) in [5.41, 5.74) is 0.259. The number of hydrogen-bond donors (Lipinski definition) is 0. The molecule has 0 unspecified atom stereocenters. The molecule has 0 spiro atoms. The summed E-state index contributed by atoms with van der Waals surface area (Å²) in [6.07, 6.45) is 6.06. The molecule has 3 aromatic rings. The predicted molar refractivity (Wildman–Crippen MR) is 90.1 cm³/mol. The molecule has 0 atom stereocenters. The Morgan fingerprint density at radius 2 is 1.88 bits per heavy atom. The predicted octanol–water partition coefficient (Wildman–Crippen LogP) is 2.33. The van der Waals surface area contributed by atoms with Crippen LogP contribution in [0.5, 0.6) is 0 Å². The fourth-order valence-corrected chi connectivity index (χ4v) is 3.92. The fraction of sp³-hybridized carbons (Fsp3) is 0.250. The zero-order valence-corrected chi connectivity index (χ0v) is 14.6. The number of sulfone groups is 1. The van der Waals surface area contributed by atoms with Crippen LogP contribution in [0.25, 0.3) is 16.9 Å². The molecule has 26 heavy (non-hydrogen) atoms. The van der Waals surface area contributed by atoms with Gasteiger partial charge in [0.15, 0.2) is 21.5 Å². The van der Waals surface area contributed by atoms with Crippen LogP contribution in [0.4, 0.5) is 8.78 Å². The maximum atomic E-state index is 14.8. The molecule has 0 aliphatic heterocycles. The quantitative estimate of drug-likeness (QED) is 0.653. The van der Waals surface area contributed by atoms with E-state index < -0.39 is 32.9 Å². The molecular weight excluding hydrogens is 364 g/mol. The van der Waals surface area contributed by atoms with Gasteiger partial charge < -0.3 is 0 Å². The average molecular weight is 379 g/mol. The number of halogens is 2. The van der Waals surface area contributed by atoms with Crippen LogP contribution in [0.2, 0.25) is 0 Å². The molecule has 136 valence electrons. The lowest BCUT2D eigenvalue weighted by Crippen LogP contribution is -2.12. The van der Waals surface area contributed by atoms with Crippen LogP contribution in [0.1, 0.15) is 18.9 Å². The van der Waals surface area contributed by atoms with E-state index in [-0.39, 0.29) is 11.3 Å². The Labute approximate surface area is 148 Å². The molecule has 1 aromatic carbocycles. The van der Waals surface area contributed by atoms with Crippen molar-refractivity contribution in [3.63, 3.8) is 0 Å². The molecule has 0 bridgehead atoms. The van der Waals surface area contributed by atoms with E-state index in [1.54, 1.807) is 6.92 Å². The van der Waals surface area contributed by atoms with Crippen molar-refractivity contribution in [3.05, 3.63) is 54.2 Å². The first-order valence-electron chi connectivity index (χ1n) is 7.76. The Morgan fingerprint density at radius 3 is 2.58 bits per heavy atom. The molecule has 0 aliphatic rings. The van der Waals surface area contributed by atoms with E-state index in [4.69, 9.17) is 0 Å². The summed E-state index contributed by atoms with van der Waals surface area (Å²) in [6.45, 7) is 1.72. The molecule has 2 heterocycles. The summed E-state index contributed by atoms with van der Waals surface area (Å²) in [5.74, 6) is -2.43. The zero-order chi connectivity index (χ0) is 18.7. The summed E-state index contributed by atoms with van der Waals surface area (Å²) in [5, 5.41) is 7.60. The van der Waals surface area contributed by atoms with Gasteiger partial charge in [-0.2, -0.15) is 0 Å².